The van der Waals surface area contributed by atoms with Crippen LogP contribution in [0.4, 0.5) is 11.6 Å². The van der Waals surface area contributed by atoms with Gasteiger partial charge in [0, 0.05) is 26.0 Å². The largest absolute Gasteiger partial charge is 0.372 e. The molecule has 102 valence electrons. The summed E-state index contributed by atoms with van der Waals surface area (Å²) < 4.78 is 1.96. The normalized spacial score (nSPS) is 10.7. The van der Waals surface area contributed by atoms with Crippen LogP contribution in [-0.2, 0) is 6.54 Å². The second-order valence-corrected chi connectivity index (χ2v) is 4.66. The molecule has 0 aliphatic carbocycles. The summed E-state index contributed by atoms with van der Waals surface area (Å²) in [6.45, 7) is 2.84. The monoisotopic (exact) mass is 267 g/mol. The Morgan fingerprint density at radius 2 is 2.10 bits per heavy atom. The SMILES string of the molecule is CNc1cn2ccnc2c(NCc2ccccc2C)n1. The van der Waals surface area contributed by atoms with Crippen LogP contribution >= 0.6 is 0 Å². The fourth-order valence-corrected chi connectivity index (χ4v) is 2.16. The second kappa shape index (κ2) is 5.21. The Hall–Kier alpha value is -2.56. The smallest absolute Gasteiger partial charge is 0.180 e. The molecule has 0 bridgehead atoms. The third-order valence-corrected chi connectivity index (χ3v) is 3.34. The van der Waals surface area contributed by atoms with Gasteiger partial charge in [-0.2, -0.15) is 0 Å². The highest BCUT2D eigenvalue weighted by atomic mass is 15.1. The molecule has 5 nitrogen and oxygen atoms in total. The van der Waals surface area contributed by atoms with Crippen molar-refractivity contribution in [3.63, 3.8) is 0 Å². The van der Waals surface area contributed by atoms with Crippen molar-refractivity contribution in [2.45, 2.75) is 13.5 Å². The van der Waals surface area contributed by atoms with Crippen LogP contribution in [0.2, 0.25) is 0 Å². The van der Waals surface area contributed by atoms with Crippen LogP contribution in [0.5, 0.6) is 0 Å². The van der Waals surface area contributed by atoms with Gasteiger partial charge in [0.1, 0.15) is 5.82 Å². The molecular weight excluding hydrogens is 250 g/mol. The maximum atomic E-state index is 4.53. The minimum atomic E-state index is 0.732. The van der Waals surface area contributed by atoms with Crippen molar-refractivity contribution < 1.29 is 0 Å². The second-order valence-electron chi connectivity index (χ2n) is 4.66. The first-order chi connectivity index (χ1) is 9.78. The summed E-state index contributed by atoms with van der Waals surface area (Å²) in [6, 6.07) is 8.32. The zero-order valence-electron chi connectivity index (χ0n) is 11.6. The number of imidazole rings is 1. The minimum absolute atomic E-state index is 0.732. The number of aryl methyl sites for hydroxylation is 1. The summed E-state index contributed by atoms with van der Waals surface area (Å²) in [7, 11) is 1.86. The van der Waals surface area contributed by atoms with Crippen molar-refractivity contribution in [3.05, 3.63) is 54.0 Å². The first-order valence-corrected chi connectivity index (χ1v) is 6.58. The lowest BCUT2D eigenvalue weighted by molar-refractivity contribution is 1.06. The van der Waals surface area contributed by atoms with Crippen LogP contribution in [-0.4, -0.2) is 21.4 Å². The van der Waals surface area contributed by atoms with E-state index < -0.39 is 0 Å². The van der Waals surface area contributed by atoms with E-state index in [0.29, 0.717) is 0 Å². The van der Waals surface area contributed by atoms with E-state index in [1.165, 1.54) is 11.1 Å². The van der Waals surface area contributed by atoms with Crippen molar-refractivity contribution in [2.75, 3.05) is 17.7 Å². The maximum absolute atomic E-state index is 4.53. The van der Waals surface area contributed by atoms with Crippen LogP contribution in [0.25, 0.3) is 5.65 Å². The molecule has 0 unspecified atom stereocenters. The fourth-order valence-electron chi connectivity index (χ4n) is 2.16. The average Bonchev–Trinajstić information content (AvgIpc) is 2.94. The van der Waals surface area contributed by atoms with Gasteiger partial charge in [0.2, 0.25) is 0 Å². The molecule has 2 N–H and O–H groups in total. The van der Waals surface area contributed by atoms with Gasteiger partial charge in [-0.15, -0.1) is 0 Å². The van der Waals surface area contributed by atoms with Crippen LogP contribution in [0.1, 0.15) is 11.1 Å². The van der Waals surface area contributed by atoms with Gasteiger partial charge >= 0.3 is 0 Å². The summed E-state index contributed by atoms with van der Waals surface area (Å²) in [5, 5.41) is 6.43. The van der Waals surface area contributed by atoms with Gasteiger partial charge in [-0.3, -0.25) is 0 Å². The number of hydrogen-bond donors (Lipinski definition) is 2. The van der Waals surface area contributed by atoms with E-state index in [1.54, 1.807) is 6.20 Å². The van der Waals surface area contributed by atoms with Gasteiger partial charge < -0.3 is 15.0 Å². The quantitative estimate of drug-likeness (QED) is 0.763. The molecule has 20 heavy (non-hydrogen) atoms. The molecule has 0 amide bonds. The molecule has 0 saturated carbocycles. The molecule has 3 aromatic rings. The van der Waals surface area contributed by atoms with Gasteiger partial charge in [0.15, 0.2) is 11.5 Å². The molecule has 2 heterocycles. The third-order valence-electron chi connectivity index (χ3n) is 3.34. The Balaban J connectivity index is 1.90. The highest BCUT2D eigenvalue weighted by Gasteiger charge is 2.07. The molecule has 2 aromatic heterocycles. The molecule has 1 aromatic carbocycles. The van der Waals surface area contributed by atoms with Crippen LogP contribution in [0.3, 0.4) is 0 Å². The summed E-state index contributed by atoms with van der Waals surface area (Å²) >= 11 is 0. The molecule has 0 atom stereocenters. The van der Waals surface area contributed by atoms with Crippen molar-refractivity contribution in [1.29, 1.82) is 0 Å². The van der Waals surface area contributed by atoms with E-state index in [-0.39, 0.29) is 0 Å². The summed E-state index contributed by atoms with van der Waals surface area (Å²) in [4.78, 5) is 8.87. The topological polar surface area (TPSA) is 54.2 Å². The van der Waals surface area contributed by atoms with E-state index in [0.717, 1.165) is 23.8 Å². The Bertz CT molecular complexity index is 732. The van der Waals surface area contributed by atoms with Crippen LogP contribution in [0.15, 0.2) is 42.9 Å². The molecular formula is C15H17N5. The van der Waals surface area contributed by atoms with Gasteiger partial charge in [-0.1, -0.05) is 24.3 Å². The highest BCUT2D eigenvalue weighted by Crippen LogP contribution is 2.17. The summed E-state index contributed by atoms with van der Waals surface area (Å²) in [5.41, 5.74) is 3.36. The van der Waals surface area contributed by atoms with Crippen molar-refractivity contribution in [3.8, 4) is 0 Å². The Morgan fingerprint density at radius 3 is 2.90 bits per heavy atom. The highest BCUT2D eigenvalue weighted by molar-refractivity contribution is 5.65. The lowest BCUT2D eigenvalue weighted by Crippen LogP contribution is -2.07. The first-order valence-electron chi connectivity index (χ1n) is 6.58. The number of fused-ring (bicyclic) bond motifs is 1. The molecule has 0 radical (unpaired) electrons. The molecule has 0 fully saturated rings. The first kappa shape index (κ1) is 12.5. The summed E-state index contributed by atoms with van der Waals surface area (Å²) in [5.74, 6) is 1.59. The molecule has 0 saturated heterocycles. The Morgan fingerprint density at radius 1 is 1.25 bits per heavy atom. The standard InChI is InChI=1S/C15H17N5/c1-11-5-3-4-6-12(11)9-18-14-15-17-7-8-20(15)10-13(16-2)19-14/h3-8,10,16H,9H2,1-2H3,(H,18,19). The fraction of sp³-hybridized carbons (Fsp3) is 0.200. The maximum Gasteiger partial charge on any atom is 0.180 e. The number of nitrogens with one attached hydrogen (secondary N) is 2. The number of hydrogen-bond acceptors (Lipinski definition) is 4. The third kappa shape index (κ3) is 2.30. The zero-order chi connectivity index (χ0) is 13.9. The van der Waals surface area contributed by atoms with Gasteiger partial charge in [0.05, 0.1) is 6.20 Å². The summed E-state index contributed by atoms with van der Waals surface area (Å²) in [6.07, 6.45) is 5.60. The molecule has 0 aliphatic heterocycles. The molecule has 5 heteroatoms. The van der Waals surface area contributed by atoms with Crippen LogP contribution in [0, 0.1) is 6.92 Å². The van der Waals surface area contributed by atoms with Crippen molar-refractivity contribution in [1.82, 2.24) is 14.4 Å². The van der Waals surface area contributed by atoms with E-state index in [1.807, 2.05) is 36.0 Å². The Labute approximate surface area is 117 Å². The molecule has 0 spiro atoms. The van der Waals surface area contributed by atoms with Gasteiger partial charge in [-0.05, 0) is 18.1 Å². The van der Waals surface area contributed by atoms with E-state index in [2.05, 4.69) is 39.7 Å². The Kier molecular flexibility index (Phi) is 3.25. The van der Waals surface area contributed by atoms with Gasteiger partial charge in [0.25, 0.3) is 0 Å². The van der Waals surface area contributed by atoms with Gasteiger partial charge in [-0.25, -0.2) is 9.97 Å². The van der Waals surface area contributed by atoms with E-state index >= 15 is 0 Å². The molecule has 0 aliphatic rings. The number of benzene rings is 1. The van der Waals surface area contributed by atoms with E-state index in [9.17, 15) is 0 Å². The predicted octanol–water partition coefficient (Wildman–Crippen LogP) is 2.69. The lowest BCUT2D eigenvalue weighted by atomic mass is 10.1. The number of aromatic nitrogens is 3. The predicted molar refractivity (Wildman–Crippen MR) is 81.0 cm³/mol. The number of anilines is 2. The van der Waals surface area contributed by atoms with Crippen molar-refractivity contribution in [2.24, 2.45) is 0 Å². The van der Waals surface area contributed by atoms with Crippen molar-refractivity contribution >= 4 is 17.3 Å². The number of nitrogens with zero attached hydrogens (tertiary/aromatic N) is 3. The van der Waals surface area contributed by atoms with Crippen LogP contribution < -0.4 is 10.6 Å². The minimum Gasteiger partial charge on any atom is -0.372 e. The van der Waals surface area contributed by atoms with E-state index in [4.69, 9.17) is 0 Å². The average molecular weight is 267 g/mol. The molecule has 3 rings (SSSR count). The zero-order valence-corrected chi connectivity index (χ0v) is 11.6. The number of rotatable bonds is 4. The lowest BCUT2D eigenvalue weighted by Gasteiger charge is -2.10.